The maximum atomic E-state index is 5.30. The Hall–Kier alpha value is -1.18. The maximum absolute atomic E-state index is 5.30. The zero-order chi connectivity index (χ0) is 11.0. The third kappa shape index (κ3) is 1.57. The minimum absolute atomic E-state index is 0.542. The van der Waals surface area contributed by atoms with Crippen LogP contribution in [0.1, 0.15) is 12.8 Å². The molecule has 2 nitrogen and oxygen atoms in total. The normalized spacial score (nSPS) is 32.4. The molecule has 3 rings (SSSR count). The Kier molecular flexibility index (Phi) is 2.50. The molecule has 2 heterocycles. The summed E-state index contributed by atoms with van der Waals surface area (Å²) in [5.41, 5.74) is 1.45. The summed E-state index contributed by atoms with van der Waals surface area (Å²) in [6.45, 7) is 2.32. The third-order valence-electron chi connectivity index (χ3n) is 3.76. The van der Waals surface area contributed by atoms with Crippen molar-refractivity contribution in [1.82, 2.24) is 4.90 Å². The van der Waals surface area contributed by atoms with E-state index < -0.39 is 0 Å². The molecular weight excluding hydrogens is 198 g/mol. The van der Waals surface area contributed by atoms with Crippen LogP contribution in [0.2, 0.25) is 0 Å². The topological polar surface area (TPSA) is 12.5 Å². The van der Waals surface area contributed by atoms with Crippen molar-refractivity contribution in [3.05, 3.63) is 42.2 Å². The molecule has 1 saturated heterocycles. The quantitative estimate of drug-likeness (QED) is 0.666. The lowest BCUT2D eigenvalue weighted by atomic mass is 9.78. The minimum atomic E-state index is 0.542. The molecule has 2 aliphatic heterocycles. The Labute approximate surface area is 97.3 Å². The fourth-order valence-electron chi connectivity index (χ4n) is 2.88. The van der Waals surface area contributed by atoms with E-state index in [0.29, 0.717) is 11.8 Å². The van der Waals surface area contributed by atoms with E-state index in [2.05, 4.69) is 35.6 Å². The first-order valence-electron chi connectivity index (χ1n) is 6.01. The standard InChI is InChI=1S/C14H17NO/c1-16-12-5-6-13-11(10-12)7-9-15-8-3-2-4-14(13)15/h4-6,10-11,13H,3,7-9H2,1H3. The van der Waals surface area contributed by atoms with Gasteiger partial charge in [0.15, 0.2) is 0 Å². The van der Waals surface area contributed by atoms with Gasteiger partial charge in [0.1, 0.15) is 5.76 Å². The fraction of sp³-hybridized carbons (Fsp3) is 0.500. The molecular formula is C14H17NO. The van der Waals surface area contributed by atoms with Gasteiger partial charge in [-0.25, -0.2) is 0 Å². The number of methoxy groups -OCH3 is 1. The average Bonchev–Trinajstić information content (AvgIpc) is 2.38. The van der Waals surface area contributed by atoms with Gasteiger partial charge < -0.3 is 9.64 Å². The van der Waals surface area contributed by atoms with Crippen LogP contribution < -0.4 is 0 Å². The van der Waals surface area contributed by atoms with Gasteiger partial charge in [0.25, 0.3) is 0 Å². The molecule has 0 aromatic rings. The number of nitrogens with zero attached hydrogens (tertiary/aromatic N) is 1. The van der Waals surface area contributed by atoms with E-state index in [9.17, 15) is 0 Å². The zero-order valence-electron chi connectivity index (χ0n) is 9.65. The van der Waals surface area contributed by atoms with Crippen molar-refractivity contribution < 1.29 is 4.74 Å². The summed E-state index contributed by atoms with van der Waals surface area (Å²) >= 11 is 0. The molecule has 0 N–H and O–H groups in total. The molecule has 2 radical (unpaired) electrons. The summed E-state index contributed by atoms with van der Waals surface area (Å²) in [4.78, 5) is 2.51. The van der Waals surface area contributed by atoms with Crippen LogP contribution in [0.15, 0.2) is 35.8 Å². The summed E-state index contributed by atoms with van der Waals surface area (Å²) in [7, 11) is 1.74. The summed E-state index contributed by atoms with van der Waals surface area (Å²) in [5.74, 6) is 2.17. The SMILES string of the molecule is COC1=CC2CCN3CC[C]C=C3C2C=C1. The molecule has 0 aromatic heterocycles. The third-order valence-corrected chi connectivity index (χ3v) is 3.76. The van der Waals surface area contributed by atoms with Gasteiger partial charge in [-0.15, -0.1) is 0 Å². The van der Waals surface area contributed by atoms with Gasteiger partial charge >= 0.3 is 0 Å². The molecule has 0 aromatic carbocycles. The van der Waals surface area contributed by atoms with Gasteiger partial charge in [-0.3, -0.25) is 0 Å². The van der Waals surface area contributed by atoms with Crippen LogP contribution >= 0.6 is 0 Å². The highest BCUT2D eigenvalue weighted by Crippen LogP contribution is 2.39. The van der Waals surface area contributed by atoms with Crippen molar-refractivity contribution in [3.8, 4) is 0 Å². The van der Waals surface area contributed by atoms with Crippen LogP contribution in [0, 0.1) is 18.3 Å². The molecule has 84 valence electrons. The molecule has 2 heteroatoms. The van der Waals surface area contributed by atoms with Gasteiger partial charge in [0.05, 0.1) is 7.11 Å². The highest BCUT2D eigenvalue weighted by Gasteiger charge is 2.33. The molecule has 0 bridgehead atoms. The Morgan fingerprint density at radius 1 is 1.44 bits per heavy atom. The van der Waals surface area contributed by atoms with Gasteiger partial charge in [0, 0.05) is 31.1 Å². The maximum Gasteiger partial charge on any atom is 0.114 e. The monoisotopic (exact) mass is 215 g/mol. The van der Waals surface area contributed by atoms with E-state index >= 15 is 0 Å². The van der Waals surface area contributed by atoms with E-state index in [1.807, 2.05) is 0 Å². The van der Waals surface area contributed by atoms with Gasteiger partial charge in [0.2, 0.25) is 0 Å². The molecule has 3 aliphatic rings. The molecule has 0 saturated carbocycles. The van der Waals surface area contributed by atoms with E-state index in [-0.39, 0.29) is 0 Å². The van der Waals surface area contributed by atoms with Crippen molar-refractivity contribution in [1.29, 1.82) is 0 Å². The molecule has 0 amide bonds. The molecule has 2 atom stereocenters. The lowest BCUT2D eigenvalue weighted by molar-refractivity contribution is 0.212. The van der Waals surface area contributed by atoms with Crippen molar-refractivity contribution in [2.24, 2.45) is 11.8 Å². The van der Waals surface area contributed by atoms with Crippen LogP contribution in [0.5, 0.6) is 0 Å². The number of hydrogen-bond donors (Lipinski definition) is 0. The number of allylic oxidation sites excluding steroid dienone is 4. The number of hydrogen-bond acceptors (Lipinski definition) is 2. The molecule has 2 unspecified atom stereocenters. The van der Waals surface area contributed by atoms with Crippen molar-refractivity contribution in [3.63, 3.8) is 0 Å². The fourth-order valence-corrected chi connectivity index (χ4v) is 2.88. The van der Waals surface area contributed by atoms with Crippen LogP contribution in [0.25, 0.3) is 0 Å². The predicted octanol–water partition coefficient (Wildman–Crippen LogP) is 2.39. The van der Waals surface area contributed by atoms with Gasteiger partial charge in [-0.05, 0) is 30.9 Å². The Balaban J connectivity index is 1.87. The number of piperidine rings is 1. The lowest BCUT2D eigenvalue weighted by Crippen LogP contribution is -2.40. The second-order valence-corrected chi connectivity index (χ2v) is 4.62. The molecule has 16 heavy (non-hydrogen) atoms. The highest BCUT2D eigenvalue weighted by atomic mass is 16.5. The first-order chi connectivity index (χ1) is 7.88. The van der Waals surface area contributed by atoms with E-state index in [1.165, 1.54) is 18.7 Å². The number of ether oxygens (including phenoxy) is 1. The largest absolute Gasteiger partial charge is 0.497 e. The summed E-state index contributed by atoms with van der Waals surface area (Å²) in [6, 6.07) is 0. The Morgan fingerprint density at radius 3 is 3.25 bits per heavy atom. The second kappa shape index (κ2) is 4.00. The Bertz CT molecular complexity index is 367. The minimum Gasteiger partial charge on any atom is -0.497 e. The molecule has 1 fully saturated rings. The van der Waals surface area contributed by atoms with E-state index in [1.54, 1.807) is 7.11 Å². The first kappa shape index (κ1) is 10.0. The summed E-state index contributed by atoms with van der Waals surface area (Å²) < 4.78 is 5.30. The smallest absolute Gasteiger partial charge is 0.114 e. The average molecular weight is 215 g/mol. The Morgan fingerprint density at radius 2 is 2.38 bits per heavy atom. The van der Waals surface area contributed by atoms with E-state index in [0.717, 1.165) is 18.7 Å². The zero-order valence-corrected chi connectivity index (χ0v) is 9.65. The van der Waals surface area contributed by atoms with Crippen molar-refractivity contribution in [2.45, 2.75) is 12.8 Å². The first-order valence-corrected chi connectivity index (χ1v) is 6.01. The van der Waals surface area contributed by atoms with E-state index in [4.69, 9.17) is 4.74 Å². The molecule has 0 spiro atoms. The molecule has 1 aliphatic carbocycles. The second-order valence-electron chi connectivity index (χ2n) is 4.62. The highest BCUT2D eigenvalue weighted by molar-refractivity contribution is 5.31. The number of fused-ring (bicyclic) bond motifs is 3. The van der Waals surface area contributed by atoms with Crippen LogP contribution in [0.3, 0.4) is 0 Å². The summed E-state index contributed by atoms with van der Waals surface area (Å²) in [5, 5.41) is 0. The summed E-state index contributed by atoms with van der Waals surface area (Å²) in [6.07, 6.45) is 14.5. The van der Waals surface area contributed by atoms with Crippen molar-refractivity contribution in [2.75, 3.05) is 20.2 Å². The van der Waals surface area contributed by atoms with Gasteiger partial charge in [-0.2, -0.15) is 0 Å². The lowest BCUT2D eigenvalue weighted by Gasteiger charge is -2.43. The number of rotatable bonds is 1. The van der Waals surface area contributed by atoms with Crippen LogP contribution in [-0.4, -0.2) is 25.1 Å². The van der Waals surface area contributed by atoms with Gasteiger partial charge in [-0.1, -0.05) is 12.2 Å². The van der Waals surface area contributed by atoms with Crippen LogP contribution in [0.4, 0.5) is 0 Å². The predicted molar refractivity (Wildman–Crippen MR) is 63.3 cm³/mol. The van der Waals surface area contributed by atoms with Crippen molar-refractivity contribution >= 4 is 0 Å². The van der Waals surface area contributed by atoms with Crippen LogP contribution in [-0.2, 0) is 4.74 Å².